The fraction of sp³-hybridized carbons (Fsp3) is 0.154. The van der Waals surface area contributed by atoms with E-state index in [1.807, 2.05) is 6.07 Å². The number of nitrogens with zero attached hydrogens (tertiary/aromatic N) is 1. The molecule has 1 atom stereocenters. The first-order chi connectivity index (χ1) is 16.7. The molecule has 1 heterocycles. The Morgan fingerprint density at radius 2 is 1.94 bits per heavy atom. The summed E-state index contributed by atoms with van der Waals surface area (Å²) in [4.78, 5) is 26.4. The molecule has 0 aliphatic carbocycles. The third-order valence-electron chi connectivity index (χ3n) is 5.65. The van der Waals surface area contributed by atoms with Gasteiger partial charge in [-0.2, -0.15) is 0 Å². The van der Waals surface area contributed by atoms with Crippen LogP contribution in [0.3, 0.4) is 0 Å². The molecule has 1 N–H and O–H groups in total. The van der Waals surface area contributed by atoms with Gasteiger partial charge >= 0.3 is 5.97 Å². The highest BCUT2D eigenvalue weighted by Gasteiger charge is 2.35. The third-order valence-corrected chi connectivity index (χ3v) is 7.83. The van der Waals surface area contributed by atoms with E-state index in [2.05, 4.69) is 45.2 Å². The van der Waals surface area contributed by atoms with Gasteiger partial charge in [-0.25, -0.2) is 9.18 Å². The molecule has 1 aliphatic rings. The number of benzene rings is 3. The maximum atomic E-state index is 14.0. The van der Waals surface area contributed by atoms with Crippen molar-refractivity contribution in [1.29, 1.82) is 0 Å². The fourth-order valence-electron chi connectivity index (χ4n) is 3.86. The number of amides is 1. The second-order valence-corrected chi connectivity index (χ2v) is 10.6. The van der Waals surface area contributed by atoms with Gasteiger partial charge in [0, 0.05) is 29.6 Å². The summed E-state index contributed by atoms with van der Waals surface area (Å²) in [6.45, 7) is 0.177. The number of hydrogen-bond acceptors (Lipinski definition) is 3. The highest BCUT2D eigenvalue weighted by atomic mass is 127. The van der Waals surface area contributed by atoms with Crippen LogP contribution in [0.15, 0.2) is 60.7 Å². The lowest BCUT2D eigenvalue weighted by Crippen LogP contribution is -2.48. The summed E-state index contributed by atoms with van der Waals surface area (Å²) in [5, 5.41) is 10.4. The smallest absolute Gasteiger partial charge is 0.326 e. The zero-order valence-electron chi connectivity index (χ0n) is 18.2. The highest BCUT2D eigenvalue weighted by molar-refractivity contribution is 14.1. The number of ether oxygens (including phenoxy) is 1. The van der Waals surface area contributed by atoms with Gasteiger partial charge in [0.1, 0.15) is 24.2 Å². The van der Waals surface area contributed by atoms with Crippen LogP contribution in [0, 0.1) is 13.0 Å². The molecule has 1 aliphatic heterocycles. The summed E-state index contributed by atoms with van der Waals surface area (Å²) < 4.78 is 21.6. The van der Waals surface area contributed by atoms with Crippen LogP contribution in [0.1, 0.15) is 22.3 Å². The Balaban J connectivity index is 1.61. The molecule has 0 radical (unpaired) electrons. The fourth-order valence-corrected chi connectivity index (χ4v) is 6.34. The number of carbonyl (C=O) groups excluding carboxylic acids is 1. The monoisotopic (exact) mass is 717 g/mol. The van der Waals surface area contributed by atoms with Gasteiger partial charge in [0.2, 0.25) is 5.91 Å². The average molecular weight is 718 g/mol. The molecule has 5 nitrogen and oxygen atoms in total. The maximum Gasteiger partial charge on any atom is 0.326 e. The quantitative estimate of drug-likeness (QED) is 0.240. The van der Waals surface area contributed by atoms with Crippen LogP contribution in [-0.2, 0) is 29.2 Å². The van der Waals surface area contributed by atoms with E-state index in [0.29, 0.717) is 16.3 Å². The van der Waals surface area contributed by atoms with Crippen molar-refractivity contribution in [1.82, 2.24) is 4.90 Å². The second kappa shape index (κ2) is 11.3. The molecule has 1 amide bonds. The zero-order chi connectivity index (χ0) is 25.1. The third kappa shape index (κ3) is 5.97. The lowest BCUT2D eigenvalue weighted by molar-refractivity contribution is -0.149. The minimum absolute atomic E-state index is 0.0558. The van der Waals surface area contributed by atoms with Crippen molar-refractivity contribution >= 4 is 74.7 Å². The molecule has 4 rings (SSSR count). The first-order valence-electron chi connectivity index (χ1n) is 10.6. The van der Waals surface area contributed by atoms with Crippen molar-refractivity contribution in [3.8, 4) is 5.75 Å². The van der Waals surface area contributed by atoms with Gasteiger partial charge in [-0.3, -0.25) is 4.79 Å². The SMILES string of the molecule is O=C(O)[C@@H]1Cc2cc(I)c(OCc3ccccc3F)c(I)c2CN1C(=O)/C=C/c1cccc(Cl)c1. The van der Waals surface area contributed by atoms with E-state index in [1.54, 1.807) is 48.5 Å². The van der Waals surface area contributed by atoms with Crippen molar-refractivity contribution in [2.24, 2.45) is 0 Å². The van der Waals surface area contributed by atoms with E-state index in [-0.39, 0.29) is 25.4 Å². The van der Waals surface area contributed by atoms with Crippen LogP contribution in [0.4, 0.5) is 4.39 Å². The minimum atomic E-state index is -1.06. The van der Waals surface area contributed by atoms with Gasteiger partial charge in [-0.1, -0.05) is 41.9 Å². The molecule has 180 valence electrons. The molecule has 0 unspecified atom stereocenters. The number of aliphatic carboxylic acids is 1. The summed E-state index contributed by atoms with van der Waals surface area (Å²) >= 11 is 10.3. The molecule has 0 spiro atoms. The largest absolute Gasteiger partial charge is 0.487 e. The number of halogens is 4. The summed E-state index contributed by atoms with van der Waals surface area (Å²) in [5.41, 5.74) is 2.86. The van der Waals surface area contributed by atoms with Gasteiger partial charge in [0.25, 0.3) is 0 Å². The van der Waals surface area contributed by atoms with E-state index in [4.69, 9.17) is 16.3 Å². The van der Waals surface area contributed by atoms with Gasteiger partial charge < -0.3 is 14.7 Å². The number of hydrogen-bond donors (Lipinski definition) is 1. The minimum Gasteiger partial charge on any atom is -0.487 e. The molecule has 0 aromatic heterocycles. The van der Waals surface area contributed by atoms with Gasteiger partial charge in [0.15, 0.2) is 0 Å². The molecule has 35 heavy (non-hydrogen) atoms. The topological polar surface area (TPSA) is 66.8 Å². The van der Waals surface area contributed by atoms with Gasteiger partial charge in [-0.15, -0.1) is 0 Å². The van der Waals surface area contributed by atoms with Crippen molar-refractivity contribution in [2.75, 3.05) is 0 Å². The maximum absolute atomic E-state index is 14.0. The summed E-state index contributed by atoms with van der Waals surface area (Å²) in [6, 6.07) is 14.3. The first-order valence-corrected chi connectivity index (χ1v) is 13.1. The van der Waals surface area contributed by atoms with Crippen LogP contribution in [-0.4, -0.2) is 27.9 Å². The molecule has 3 aromatic rings. The van der Waals surface area contributed by atoms with Crippen LogP contribution in [0.5, 0.6) is 5.75 Å². The molecule has 9 heteroatoms. The number of carboxylic acids is 1. The average Bonchev–Trinajstić information content (AvgIpc) is 2.82. The number of fused-ring (bicyclic) bond motifs is 1. The summed E-state index contributed by atoms with van der Waals surface area (Å²) in [7, 11) is 0. The summed E-state index contributed by atoms with van der Waals surface area (Å²) in [6.07, 6.45) is 3.16. The van der Waals surface area contributed by atoms with Crippen molar-refractivity contribution < 1.29 is 23.8 Å². The van der Waals surface area contributed by atoms with Crippen LogP contribution < -0.4 is 4.74 Å². The predicted octanol–water partition coefficient (Wildman–Crippen LogP) is 6.32. The lowest BCUT2D eigenvalue weighted by Gasteiger charge is -2.35. The second-order valence-electron chi connectivity index (χ2n) is 7.93. The summed E-state index contributed by atoms with van der Waals surface area (Å²) in [5.74, 6) is -1.23. The molecule has 0 fully saturated rings. The van der Waals surface area contributed by atoms with Crippen LogP contribution in [0.25, 0.3) is 6.08 Å². The number of rotatable bonds is 6. The van der Waals surface area contributed by atoms with Crippen molar-refractivity contribution in [3.63, 3.8) is 0 Å². The Morgan fingerprint density at radius 1 is 1.17 bits per heavy atom. The molecule has 3 aromatic carbocycles. The Kier molecular flexibility index (Phi) is 8.33. The van der Waals surface area contributed by atoms with E-state index >= 15 is 0 Å². The standard InChI is InChI=1S/C26H19ClFI2NO4/c27-18-6-3-4-15(10-18)8-9-23(32)31-13-19-17(12-22(31)26(33)34)11-21(29)25(24(19)30)35-14-16-5-1-2-7-20(16)28/h1-11,22H,12-14H2,(H,33,34)/b9-8+/t22-/m0/s1. The molecular weight excluding hydrogens is 699 g/mol. The Hall–Kier alpha value is -2.18. The molecule has 0 bridgehead atoms. The Bertz CT molecular complexity index is 1330. The molecule has 0 saturated heterocycles. The van der Waals surface area contributed by atoms with E-state index < -0.39 is 17.9 Å². The predicted molar refractivity (Wildman–Crippen MR) is 149 cm³/mol. The van der Waals surface area contributed by atoms with E-state index in [0.717, 1.165) is 23.8 Å². The van der Waals surface area contributed by atoms with Crippen LogP contribution in [0.2, 0.25) is 5.02 Å². The number of carboxylic acid groups (broad SMARTS) is 1. The Morgan fingerprint density at radius 3 is 2.66 bits per heavy atom. The van der Waals surface area contributed by atoms with Crippen LogP contribution >= 0.6 is 56.8 Å². The van der Waals surface area contributed by atoms with E-state index in [9.17, 15) is 19.1 Å². The zero-order valence-corrected chi connectivity index (χ0v) is 23.3. The van der Waals surface area contributed by atoms with Gasteiger partial charge in [-0.05, 0) is 92.2 Å². The number of carbonyl (C=O) groups is 2. The molecule has 0 saturated carbocycles. The first kappa shape index (κ1) is 25.9. The molecular formula is C26H19ClFI2NO4. The highest BCUT2D eigenvalue weighted by Crippen LogP contribution is 2.37. The Labute approximate surface area is 234 Å². The lowest BCUT2D eigenvalue weighted by atomic mass is 9.93. The van der Waals surface area contributed by atoms with E-state index in [1.165, 1.54) is 17.0 Å². The van der Waals surface area contributed by atoms with Crippen molar-refractivity contribution in [3.05, 3.63) is 101 Å². The van der Waals surface area contributed by atoms with Crippen molar-refractivity contribution in [2.45, 2.75) is 25.6 Å². The van der Waals surface area contributed by atoms with Gasteiger partial charge in [0.05, 0.1) is 7.14 Å². The normalized spacial score (nSPS) is 15.2.